The van der Waals surface area contributed by atoms with Crippen LogP contribution < -0.4 is 9.47 Å². The molecule has 0 aromatic heterocycles. The van der Waals surface area contributed by atoms with Crippen LogP contribution in [-0.2, 0) is 63.3 Å². The summed E-state index contributed by atoms with van der Waals surface area (Å²) in [5, 5.41) is -0.712. The molecule has 0 unspecified atom stereocenters. The summed E-state index contributed by atoms with van der Waals surface area (Å²) in [4.78, 5) is 13.6. The van der Waals surface area contributed by atoms with Gasteiger partial charge in [0.15, 0.2) is 11.5 Å². The third-order valence-corrected chi connectivity index (χ3v) is 11.2. The number of hydrogen-bond acceptors (Lipinski definition) is 8. The molecule has 0 radical (unpaired) electrons. The highest BCUT2D eigenvalue weighted by Crippen LogP contribution is 2.43. The van der Waals surface area contributed by atoms with Crippen molar-refractivity contribution in [1.82, 2.24) is 0 Å². The molecular weight excluding hydrogens is 824 g/mol. The number of rotatable bonds is 21. The molecule has 0 spiro atoms. The molecule has 1 saturated heterocycles. The summed E-state index contributed by atoms with van der Waals surface area (Å²) in [5.74, 6) is 0.553. The lowest BCUT2D eigenvalue weighted by molar-refractivity contribution is -0.275. The van der Waals surface area contributed by atoms with E-state index in [1.54, 1.807) is 6.07 Å². The van der Waals surface area contributed by atoms with Gasteiger partial charge in [0.2, 0.25) is 0 Å². The maximum absolute atomic E-state index is 13.6. The molecule has 326 valence electrons. The molecule has 0 amide bonds. The van der Waals surface area contributed by atoms with Gasteiger partial charge >= 0.3 is 0 Å². The number of halogens is 1. The van der Waals surface area contributed by atoms with Gasteiger partial charge in [0.25, 0.3) is 5.24 Å². The molecule has 5 atom stereocenters. The minimum absolute atomic E-state index is 0.129. The fourth-order valence-corrected chi connectivity index (χ4v) is 7.85. The molecule has 0 saturated carbocycles. The van der Waals surface area contributed by atoms with E-state index in [2.05, 4.69) is 0 Å². The van der Waals surface area contributed by atoms with Crippen molar-refractivity contribution in [2.75, 3.05) is 6.61 Å². The van der Waals surface area contributed by atoms with Crippen LogP contribution in [0, 0.1) is 0 Å². The Balaban J connectivity index is 1.22. The van der Waals surface area contributed by atoms with Crippen LogP contribution in [0.5, 0.6) is 11.5 Å². The van der Waals surface area contributed by atoms with E-state index in [0.717, 1.165) is 33.4 Å². The van der Waals surface area contributed by atoms with Gasteiger partial charge in [0, 0.05) is 0 Å². The summed E-state index contributed by atoms with van der Waals surface area (Å²) in [7, 11) is 0. The minimum atomic E-state index is -0.830. The summed E-state index contributed by atoms with van der Waals surface area (Å²) in [6.45, 7) is 1.72. The van der Waals surface area contributed by atoms with Gasteiger partial charge in [-0.1, -0.05) is 182 Å². The number of benzene rings is 7. The SMILES string of the molecule is O=C(Cl)c1cc([C@@H]2O[C@H](COCc3ccccc3)[C@@H](OCc3ccccc3)[C@H](OCc3ccccc3)[C@H]2OCc2ccccc2)cc(OCc2ccccc2)c1OCc1ccccc1. The van der Waals surface area contributed by atoms with E-state index >= 15 is 0 Å². The van der Waals surface area contributed by atoms with Crippen molar-refractivity contribution in [3.8, 4) is 11.5 Å². The zero-order valence-corrected chi connectivity index (χ0v) is 36.2. The number of ether oxygens (including phenoxy) is 7. The molecule has 8 nitrogen and oxygen atoms in total. The normalized spacial score (nSPS) is 18.3. The Morgan fingerprint density at radius 3 is 1.30 bits per heavy atom. The van der Waals surface area contributed by atoms with Gasteiger partial charge < -0.3 is 33.2 Å². The third-order valence-electron chi connectivity index (χ3n) is 11.0. The van der Waals surface area contributed by atoms with Gasteiger partial charge in [-0.3, -0.25) is 4.79 Å². The van der Waals surface area contributed by atoms with Crippen molar-refractivity contribution in [1.29, 1.82) is 0 Å². The van der Waals surface area contributed by atoms with Crippen LogP contribution in [0.2, 0.25) is 0 Å². The van der Waals surface area contributed by atoms with Crippen molar-refractivity contribution in [3.05, 3.63) is 239 Å². The van der Waals surface area contributed by atoms with Gasteiger partial charge in [-0.2, -0.15) is 0 Å². The van der Waals surface area contributed by atoms with Gasteiger partial charge in [-0.25, -0.2) is 0 Å². The van der Waals surface area contributed by atoms with Gasteiger partial charge in [0.05, 0.1) is 38.6 Å². The topological polar surface area (TPSA) is 81.7 Å². The second-order valence-electron chi connectivity index (χ2n) is 15.6. The van der Waals surface area contributed by atoms with Gasteiger partial charge in [0.1, 0.15) is 43.7 Å². The van der Waals surface area contributed by atoms with Gasteiger partial charge in [-0.05, 0) is 62.7 Å². The van der Waals surface area contributed by atoms with Crippen molar-refractivity contribution >= 4 is 16.8 Å². The molecule has 1 heterocycles. The van der Waals surface area contributed by atoms with Crippen molar-refractivity contribution in [2.24, 2.45) is 0 Å². The molecule has 9 heteroatoms. The van der Waals surface area contributed by atoms with Gasteiger partial charge in [-0.15, -0.1) is 0 Å². The molecule has 64 heavy (non-hydrogen) atoms. The number of hydrogen-bond donors (Lipinski definition) is 0. The average Bonchev–Trinajstić information content (AvgIpc) is 3.35. The Morgan fingerprint density at radius 1 is 0.453 bits per heavy atom. The van der Waals surface area contributed by atoms with E-state index in [9.17, 15) is 4.79 Å². The van der Waals surface area contributed by atoms with E-state index in [4.69, 9.17) is 44.8 Å². The lowest BCUT2D eigenvalue weighted by Gasteiger charge is -2.46. The van der Waals surface area contributed by atoms with Crippen molar-refractivity contribution in [3.63, 3.8) is 0 Å². The molecule has 0 bridgehead atoms. The summed E-state index contributed by atoms with van der Waals surface area (Å²) in [6.07, 6.45) is -3.62. The summed E-state index contributed by atoms with van der Waals surface area (Å²) < 4.78 is 47.5. The monoisotopic (exact) mass is 874 g/mol. The van der Waals surface area contributed by atoms with E-state index in [-0.39, 0.29) is 44.3 Å². The molecule has 7 aromatic rings. The molecule has 7 aromatic carbocycles. The summed E-state index contributed by atoms with van der Waals surface area (Å²) in [6, 6.07) is 63.1. The first-order valence-corrected chi connectivity index (χ1v) is 21.9. The van der Waals surface area contributed by atoms with Crippen molar-refractivity contribution < 1.29 is 38.0 Å². The number of carbonyl (C=O) groups is 1. The van der Waals surface area contributed by atoms with E-state index in [0.29, 0.717) is 24.5 Å². The Kier molecular flexibility index (Phi) is 16.0. The van der Waals surface area contributed by atoms with Crippen LogP contribution in [0.3, 0.4) is 0 Å². The lowest BCUT2D eigenvalue weighted by atomic mass is 9.89. The maximum Gasteiger partial charge on any atom is 0.256 e. The van der Waals surface area contributed by atoms with E-state index in [1.165, 1.54) is 0 Å². The van der Waals surface area contributed by atoms with Crippen LogP contribution in [0.4, 0.5) is 0 Å². The Labute approximate surface area is 380 Å². The smallest absolute Gasteiger partial charge is 0.256 e. The second kappa shape index (κ2) is 23.0. The fraction of sp³-hybridized carbons (Fsp3) is 0.218. The average molecular weight is 875 g/mol. The summed E-state index contributed by atoms with van der Waals surface area (Å²) in [5.41, 5.74) is 6.52. The van der Waals surface area contributed by atoms with E-state index < -0.39 is 35.8 Å². The zero-order chi connectivity index (χ0) is 43.8. The fourth-order valence-electron chi connectivity index (χ4n) is 7.71. The molecule has 0 N–H and O–H groups in total. The Bertz CT molecular complexity index is 2460. The molecule has 8 rings (SSSR count). The third kappa shape index (κ3) is 12.3. The molecule has 1 aliphatic heterocycles. The first-order chi connectivity index (χ1) is 31.6. The van der Waals surface area contributed by atoms with Crippen LogP contribution in [0.1, 0.15) is 55.4 Å². The van der Waals surface area contributed by atoms with Crippen LogP contribution >= 0.6 is 11.6 Å². The standard InChI is InChI=1S/C55H51ClO8/c56-55(57)47-31-46(32-48(59-34-41-21-9-2-10-22-41)51(47)60-35-42-23-11-3-12-24-42)50-53(62-37-44-27-15-5-16-28-44)54(63-38-45-29-17-6-18-30-45)52(61-36-43-25-13-4-14-26-43)49(64-50)39-58-33-40-19-7-1-8-20-40/h1-32,49-50,52-54H,33-39H2/t49-,50+,52-,53+,54+/m1/s1. The Hall–Kier alpha value is -6.10. The lowest BCUT2D eigenvalue weighted by Crippen LogP contribution is -2.58. The zero-order valence-electron chi connectivity index (χ0n) is 35.5. The van der Waals surface area contributed by atoms with E-state index in [1.807, 2.05) is 188 Å². The summed E-state index contributed by atoms with van der Waals surface area (Å²) >= 11 is 6.48. The largest absolute Gasteiger partial charge is 0.485 e. The highest BCUT2D eigenvalue weighted by atomic mass is 35.5. The highest BCUT2D eigenvalue weighted by Gasteiger charge is 2.49. The second-order valence-corrected chi connectivity index (χ2v) is 15.9. The quantitative estimate of drug-likeness (QED) is 0.0661. The first-order valence-electron chi connectivity index (χ1n) is 21.5. The molecule has 1 fully saturated rings. The molecule has 0 aliphatic carbocycles. The first kappa shape index (κ1) is 44.5. The predicted octanol–water partition coefficient (Wildman–Crippen LogP) is 11.6. The molecular formula is C55H51ClO8. The Morgan fingerprint density at radius 2 is 0.844 bits per heavy atom. The molecule has 1 aliphatic rings. The van der Waals surface area contributed by atoms with Crippen molar-refractivity contribution in [2.45, 2.75) is 70.2 Å². The highest BCUT2D eigenvalue weighted by molar-refractivity contribution is 6.68. The maximum atomic E-state index is 13.6. The minimum Gasteiger partial charge on any atom is -0.485 e. The predicted molar refractivity (Wildman–Crippen MR) is 247 cm³/mol. The van der Waals surface area contributed by atoms with Crippen LogP contribution in [-0.4, -0.2) is 36.3 Å². The number of carbonyl (C=O) groups excluding carboxylic acids is 1. The van der Waals surface area contributed by atoms with Crippen LogP contribution in [0.15, 0.2) is 194 Å². The van der Waals surface area contributed by atoms with Crippen LogP contribution in [0.25, 0.3) is 0 Å².